The smallest absolute Gasteiger partial charge is 0.264 e. The molecule has 0 atom stereocenters. The van der Waals surface area contributed by atoms with Crippen LogP contribution in [0.2, 0.25) is 0 Å². The lowest BCUT2D eigenvalue weighted by Crippen LogP contribution is -2.20. The lowest BCUT2D eigenvalue weighted by Gasteiger charge is -2.14. The average molecular weight is 582 g/mol. The first-order valence-electron chi connectivity index (χ1n) is 11.1. The number of anilines is 1. The van der Waals surface area contributed by atoms with Crippen LogP contribution in [0.1, 0.15) is 11.1 Å². The van der Waals surface area contributed by atoms with E-state index in [-0.39, 0.29) is 18.4 Å². The summed E-state index contributed by atoms with van der Waals surface area (Å²) in [5, 5.41) is 6.05. The second-order valence-corrected chi connectivity index (χ2v) is 9.80. The van der Waals surface area contributed by atoms with Crippen LogP contribution in [0.3, 0.4) is 0 Å². The molecule has 10 heteroatoms. The second kappa shape index (κ2) is 12.0. The van der Waals surface area contributed by atoms with Gasteiger partial charge < -0.3 is 24.8 Å². The van der Waals surface area contributed by atoms with Gasteiger partial charge in [-0.2, -0.15) is 0 Å². The van der Waals surface area contributed by atoms with Gasteiger partial charge in [-0.25, -0.2) is 4.99 Å². The van der Waals surface area contributed by atoms with Gasteiger partial charge in [0.1, 0.15) is 5.75 Å². The van der Waals surface area contributed by atoms with Gasteiger partial charge in [-0.1, -0.05) is 17.7 Å². The molecule has 0 unspecified atom stereocenters. The summed E-state index contributed by atoms with van der Waals surface area (Å²) in [6.07, 6.45) is 1.73. The zero-order valence-corrected chi connectivity index (χ0v) is 22.7. The number of aryl methyl sites for hydroxylation is 1. The van der Waals surface area contributed by atoms with Crippen molar-refractivity contribution in [1.82, 2.24) is 5.32 Å². The Balaban J connectivity index is 1.45. The molecule has 1 saturated heterocycles. The van der Waals surface area contributed by atoms with Crippen molar-refractivity contribution >= 4 is 62.1 Å². The van der Waals surface area contributed by atoms with Gasteiger partial charge in [-0.15, -0.1) is 0 Å². The van der Waals surface area contributed by atoms with Crippen molar-refractivity contribution < 1.29 is 23.8 Å². The van der Waals surface area contributed by atoms with Crippen molar-refractivity contribution in [2.24, 2.45) is 4.99 Å². The van der Waals surface area contributed by atoms with Crippen molar-refractivity contribution in [3.63, 3.8) is 0 Å². The van der Waals surface area contributed by atoms with Crippen LogP contribution >= 0.6 is 27.7 Å². The van der Waals surface area contributed by atoms with Crippen molar-refractivity contribution in [2.45, 2.75) is 6.92 Å². The Kier molecular flexibility index (Phi) is 8.52. The van der Waals surface area contributed by atoms with E-state index in [0.29, 0.717) is 43.0 Å². The van der Waals surface area contributed by atoms with E-state index < -0.39 is 0 Å². The summed E-state index contributed by atoms with van der Waals surface area (Å²) in [6.45, 7) is 1.78. The molecular weight excluding hydrogens is 558 g/mol. The molecule has 4 rings (SSSR count). The van der Waals surface area contributed by atoms with Gasteiger partial charge in [0, 0.05) is 5.69 Å². The number of methoxy groups -OCH3 is 2. The number of halogens is 1. The minimum Gasteiger partial charge on any atom is -0.497 e. The zero-order chi connectivity index (χ0) is 26.4. The van der Waals surface area contributed by atoms with Crippen LogP contribution in [0, 0.1) is 6.92 Å². The third kappa shape index (κ3) is 6.93. The Morgan fingerprint density at radius 1 is 1.08 bits per heavy atom. The monoisotopic (exact) mass is 581 g/mol. The van der Waals surface area contributed by atoms with E-state index in [0.717, 1.165) is 11.3 Å². The maximum Gasteiger partial charge on any atom is 0.264 e. The first kappa shape index (κ1) is 26.3. The molecule has 190 valence electrons. The molecule has 0 aliphatic carbocycles. The number of amides is 2. The number of nitrogens with zero attached hydrogens (tertiary/aromatic N) is 1. The van der Waals surface area contributed by atoms with Crippen LogP contribution in [-0.4, -0.2) is 37.8 Å². The zero-order valence-electron chi connectivity index (χ0n) is 20.3. The molecule has 0 spiro atoms. The van der Waals surface area contributed by atoms with Gasteiger partial charge in [0.25, 0.3) is 11.8 Å². The van der Waals surface area contributed by atoms with Crippen LogP contribution < -0.4 is 24.8 Å². The number of thioether (sulfide) groups is 1. The number of amidine groups is 1. The molecule has 8 nitrogen and oxygen atoms in total. The minimum absolute atomic E-state index is 0.202. The highest BCUT2D eigenvalue weighted by atomic mass is 79.9. The van der Waals surface area contributed by atoms with Crippen LogP contribution in [0.15, 0.2) is 75.0 Å². The molecular formula is C27H24BrN3O5S. The molecule has 1 heterocycles. The first-order valence-corrected chi connectivity index (χ1v) is 12.8. The molecule has 1 aliphatic heterocycles. The topological polar surface area (TPSA) is 98.3 Å². The SMILES string of the molecule is COc1ccc(N=C2NC(=O)/C(=C\c3cc(Br)c(OCC(=O)Nc4ccc(C)cc4)c(OC)c3)S2)cc1. The average Bonchev–Trinajstić information content (AvgIpc) is 3.22. The molecule has 2 amide bonds. The Morgan fingerprint density at radius 3 is 2.49 bits per heavy atom. The Morgan fingerprint density at radius 2 is 1.81 bits per heavy atom. The lowest BCUT2D eigenvalue weighted by molar-refractivity contribution is -0.118. The molecule has 37 heavy (non-hydrogen) atoms. The first-order chi connectivity index (χ1) is 17.8. The minimum atomic E-state index is -0.299. The maximum atomic E-state index is 12.5. The summed E-state index contributed by atoms with van der Waals surface area (Å²) >= 11 is 4.73. The third-order valence-electron chi connectivity index (χ3n) is 5.19. The molecule has 3 aromatic carbocycles. The van der Waals surface area contributed by atoms with Crippen molar-refractivity contribution in [2.75, 3.05) is 26.1 Å². The van der Waals surface area contributed by atoms with Crippen LogP contribution in [0.25, 0.3) is 6.08 Å². The highest BCUT2D eigenvalue weighted by molar-refractivity contribution is 9.10. The van der Waals surface area contributed by atoms with E-state index in [9.17, 15) is 9.59 Å². The number of benzene rings is 3. The number of hydrogen-bond acceptors (Lipinski definition) is 7. The van der Waals surface area contributed by atoms with E-state index in [1.54, 1.807) is 37.5 Å². The highest BCUT2D eigenvalue weighted by Gasteiger charge is 2.24. The van der Waals surface area contributed by atoms with Crippen LogP contribution in [0.4, 0.5) is 11.4 Å². The number of nitrogens with one attached hydrogen (secondary N) is 2. The fourth-order valence-electron chi connectivity index (χ4n) is 3.34. The molecule has 0 saturated carbocycles. The third-order valence-corrected chi connectivity index (χ3v) is 6.69. The van der Waals surface area contributed by atoms with E-state index in [4.69, 9.17) is 14.2 Å². The van der Waals surface area contributed by atoms with E-state index in [2.05, 4.69) is 31.6 Å². The highest BCUT2D eigenvalue weighted by Crippen LogP contribution is 2.38. The standard InChI is InChI=1S/C27H24BrN3O5S/c1-16-4-6-18(7-5-16)29-24(32)15-36-25-21(28)12-17(13-22(25)35-3)14-23-26(33)31-27(37-23)30-19-8-10-20(34-2)11-9-19/h4-14H,15H2,1-3H3,(H,29,32)(H,30,31,33)/b23-14+. The van der Waals surface area contributed by atoms with Gasteiger partial charge in [-0.3, -0.25) is 9.59 Å². The Labute approximate surface area is 227 Å². The molecule has 0 radical (unpaired) electrons. The number of carbonyl (C=O) groups is 2. The quantitative estimate of drug-likeness (QED) is 0.332. The van der Waals surface area contributed by atoms with Crippen molar-refractivity contribution in [3.05, 3.63) is 81.2 Å². The normalized spacial score (nSPS) is 15.0. The molecule has 2 N–H and O–H groups in total. The predicted octanol–water partition coefficient (Wildman–Crippen LogP) is 5.68. The summed E-state index contributed by atoms with van der Waals surface area (Å²) in [6, 6.07) is 18.2. The molecule has 0 bridgehead atoms. The Hall–Kier alpha value is -3.76. The summed E-state index contributed by atoms with van der Waals surface area (Å²) < 4.78 is 17.0. The lowest BCUT2D eigenvalue weighted by atomic mass is 10.2. The van der Waals surface area contributed by atoms with Gasteiger partial charge >= 0.3 is 0 Å². The number of carbonyl (C=O) groups excluding carboxylic acids is 2. The predicted molar refractivity (Wildman–Crippen MR) is 150 cm³/mol. The fraction of sp³-hybridized carbons (Fsp3) is 0.148. The summed E-state index contributed by atoms with van der Waals surface area (Å²) in [5.74, 6) is 0.979. The van der Waals surface area contributed by atoms with E-state index in [1.807, 2.05) is 43.3 Å². The van der Waals surface area contributed by atoms with E-state index in [1.165, 1.54) is 18.9 Å². The largest absolute Gasteiger partial charge is 0.497 e. The van der Waals surface area contributed by atoms with Gasteiger partial charge in [0.05, 0.1) is 29.3 Å². The van der Waals surface area contributed by atoms with Crippen molar-refractivity contribution in [1.29, 1.82) is 0 Å². The van der Waals surface area contributed by atoms with Gasteiger partial charge in [0.2, 0.25) is 0 Å². The van der Waals surface area contributed by atoms with Crippen molar-refractivity contribution in [3.8, 4) is 17.2 Å². The number of hydrogen-bond donors (Lipinski definition) is 2. The molecule has 1 aliphatic rings. The molecule has 3 aromatic rings. The summed E-state index contributed by atoms with van der Waals surface area (Å²) in [7, 11) is 3.11. The van der Waals surface area contributed by atoms with Crippen LogP contribution in [0.5, 0.6) is 17.2 Å². The number of ether oxygens (including phenoxy) is 3. The number of aliphatic imine (C=N–C) groups is 1. The van der Waals surface area contributed by atoms with E-state index >= 15 is 0 Å². The maximum absolute atomic E-state index is 12.5. The van der Waals surface area contributed by atoms with Crippen LogP contribution in [-0.2, 0) is 9.59 Å². The van der Waals surface area contributed by atoms with Gasteiger partial charge in [-0.05, 0) is 94.8 Å². The fourth-order valence-corrected chi connectivity index (χ4v) is 4.76. The molecule has 0 aromatic heterocycles. The molecule has 1 fully saturated rings. The summed E-state index contributed by atoms with van der Waals surface area (Å²) in [5.41, 5.74) is 3.20. The van der Waals surface area contributed by atoms with Gasteiger partial charge in [0.15, 0.2) is 23.3 Å². The second-order valence-electron chi connectivity index (χ2n) is 7.92. The summed E-state index contributed by atoms with van der Waals surface area (Å²) in [4.78, 5) is 29.8. The Bertz CT molecular complexity index is 1370. The number of rotatable bonds is 8.